The molecule has 0 spiro atoms. The van der Waals surface area contributed by atoms with E-state index < -0.39 is 6.10 Å². The molecule has 0 saturated carbocycles. The molecule has 1 atom stereocenters. The fraction of sp³-hybridized carbons (Fsp3) is 0.348. The second-order valence-corrected chi connectivity index (χ2v) is 8.51. The minimum atomic E-state index is -0.736. The van der Waals surface area contributed by atoms with Crippen LogP contribution in [-0.4, -0.2) is 33.4 Å². The highest BCUT2D eigenvalue weighted by molar-refractivity contribution is 5.94. The molecular weight excluding hydrogens is 380 g/mol. The van der Waals surface area contributed by atoms with E-state index in [0.717, 1.165) is 16.8 Å². The second-order valence-electron chi connectivity index (χ2n) is 8.51. The standard InChI is InChI=1S/C23H26N4O3/c1-15-10-21(27(26-15)13-16-6-5-9-24-12-16)25-22(28)20-14-29-19-11-17(23(2,3)4)7-8-18(19)30-20/h5-12,20H,13-14H2,1-4H3,(H,25,28)/t20-/m0/s1. The molecule has 1 aliphatic rings. The average Bonchev–Trinajstić information content (AvgIpc) is 3.05. The Balaban J connectivity index is 1.47. The summed E-state index contributed by atoms with van der Waals surface area (Å²) >= 11 is 0. The normalized spacial score (nSPS) is 15.7. The number of nitrogens with zero attached hydrogens (tertiary/aromatic N) is 3. The van der Waals surface area contributed by atoms with Crippen molar-refractivity contribution >= 4 is 11.7 Å². The van der Waals surface area contributed by atoms with Gasteiger partial charge in [-0.25, -0.2) is 4.68 Å². The Morgan fingerprint density at radius 3 is 2.80 bits per heavy atom. The SMILES string of the molecule is Cc1cc(NC(=O)[C@@H]2COc3cc(C(C)(C)C)ccc3O2)n(Cc2cccnc2)n1. The van der Waals surface area contributed by atoms with Gasteiger partial charge in [0.05, 0.1) is 12.2 Å². The first-order valence-corrected chi connectivity index (χ1v) is 9.98. The number of aromatic nitrogens is 3. The molecule has 7 nitrogen and oxygen atoms in total. The minimum absolute atomic E-state index is 0.0111. The zero-order valence-corrected chi connectivity index (χ0v) is 17.7. The lowest BCUT2D eigenvalue weighted by Gasteiger charge is -2.28. The highest BCUT2D eigenvalue weighted by atomic mass is 16.6. The molecule has 3 aromatic rings. The van der Waals surface area contributed by atoms with E-state index in [9.17, 15) is 4.79 Å². The Labute approximate surface area is 176 Å². The number of nitrogens with one attached hydrogen (secondary N) is 1. The highest BCUT2D eigenvalue weighted by Gasteiger charge is 2.29. The quantitative estimate of drug-likeness (QED) is 0.715. The average molecular weight is 406 g/mol. The summed E-state index contributed by atoms with van der Waals surface area (Å²) in [5, 5.41) is 7.40. The van der Waals surface area contributed by atoms with Crippen LogP contribution in [0.1, 0.15) is 37.6 Å². The van der Waals surface area contributed by atoms with Crippen molar-refractivity contribution in [1.82, 2.24) is 14.8 Å². The molecule has 0 fully saturated rings. The van der Waals surface area contributed by atoms with Crippen LogP contribution in [0.25, 0.3) is 0 Å². The molecule has 0 bridgehead atoms. The lowest BCUT2D eigenvalue weighted by Crippen LogP contribution is -2.40. The fourth-order valence-electron chi connectivity index (χ4n) is 3.30. The van der Waals surface area contributed by atoms with Crippen molar-refractivity contribution in [3.63, 3.8) is 0 Å². The van der Waals surface area contributed by atoms with Gasteiger partial charge in [-0.2, -0.15) is 5.10 Å². The topological polar surface area (TPSA) is 78.3 Å². The Morgan fingerprint density at radius 2 is 2.07 bits per heavy atom. The maximum absolute atomic E-state index is 12.8. The van der Waals surface area contributed by atoms with Crippen LogP contribution in [-0.2, 0) is 16.8 Å². The molecule has 30 heavy (non-hydrogen) atoms. The van der Waals surface area contributed by atoms with Gasteiger partial charge in [0.2, 0.25) is 6.10 Å². The van der Waals surface area contributed by atoms with Gasteiger partial charge in [-0.3, -0.25) is 9.78 Å². The predicted octanol–water partition coefficient (Wildman–Crippen LogP) is 3.71. The Bertz CT molecular complexity index is 1050. The summed E-state index contributed by atoms with van der Waals surface area (Å²) in [6.07, 6.45) is 2.77. The number of carbonyl (C=O) groups excluding carboxylic acids is 1. The molecule has 2 aromatic heterocycles. The number of carbonyl (C=O) groups is 1. The molecule has 1 amide bonds. The van der Waals surface area contributed by atoms with Crippen LogP contribution >= 0.6 is 0 Å². The van der Waals surface area contributed by atoms with Crippen LogP contribution in [0.15, 0.2) is 48.8 Å². The number of rotatable bonds is 4. The molecule has 7 heteroatoms. The number of fused-ring (bicyclic) bond motifs is 1. The molecule has 1 aliphatic heterocycles. The molecule has 4 rings (SSSR count). The first-order chi connectivity index (χ1) is 14.3. The van der Waals surface area contributed by atoms with E-state index in [1.807, 2.05) is 43.3 Å². The maximum Gasteiger partial charge on any atom is 0.270 e. The summed E-state index contributed by atoms with van der Waals surface area (Å²) in [5.41, 5.74) is 2.98. The number of aryl methyl sites for hydroxylation is 1. The summed E-state index contributed by atoms with van der Waals surface area (Å²) in [4.78, 5) is 17.0. The molecule has 0 aliphatic carbocycles. The van der Waals surface area contributed by atoms with Crippen molar-refractivity contribution in [2.24, 2.45) is 0 Å². The smallest absolute Gasteiger partial charge is 0.270 e. The van der Waals surface area contributed by atoms with Crippen molar-refractivity contribution < 1.29 is 14.3 Å². The van der Waals surface area contributed by atoms with E-state index in [2.05, 4.69) is 36.2 Å². The molecule has 3 heterocycles. The van der Waals surface area contributed by atoms with Crippen LogP contribution in [0.5, 0.6) is 11.5 Å². The number of ether oxygens (including phenoxy) is 2. The number of amides is 1. The third-order valence-corrected chi connectivity index (χ3v) is 4.97. The van der Waals surface area contributed by atoms with E-state index in [1.54, 1.807) is 17.1 Å². The lowest BCUT2D eigenvalue weighted by atomic mass is 9.87. The molecule has 0 saturated heterocycles. The summed E-state index contributed by atoms with van der Waals surface area (Å²) in [6, 6.07) is 11.5. The molecular formula is C23H26N4O3. The fourth-order valence-corrected chi connectivity index (χ4v) is 3.30. The lowest BCUT2D eigenvalue weighted by molar-refractivity contribution is -0.125. The van der Waals surface area contributed by atoms with Crippen molar-refractivity contribution in [3.8, 4) is 11.5 Å². The Hall–Kier alpha value is -3.35. The van der Waals surface area contributed by atoms with Gasteiger partial charge >= 0.3 is 0 Å². The minimum Gasteiger partial charge on any atom is -0.485 e. The molecule has 1 N–H and O–H groups in total. The van der Waals surface area contributed by atoms with Gasteiger partial charge < -0.3 is 14.8 Å². The van der Waals surface area contributed by atoms with E-state index >= 15 is 0 Å². The van der Waals surface area contributed by atoms with Crippen molar-refractivity contribution in [1.29, 1.82) is 0 Å². The van der Waals surface area contributed by atoms with Gasteiger partial charge in [-0.1, -0.05) is 32.9 Å². The third-order valence-electron chi connectivity index (χ3n) is 4.97. The van der Waals surface area contributed by atoms with Gasteiger partial charge in [0.25, 0.3) is 5.91 Å². The van der Waals surface area contributed by atoms with Crippen LogP contribution in [0.4, 0.5) is 5.82 Å². The summed E-state index contributed by atoms with van der Waals surface area (Å²) in [5.74, 6) is 1.59. The highest BCUT2D eigenvalue weighted by Crippen LogP contribution is 2.36. The van der Waals surface area contributed by atoms with E-state index in [-0.39, 0.29) is 17.9 Å². The largest absolute Gasteiger partial charge is 0.485 e. The van der Waals surface area contributed by atoms with E-state index in [4.69, 9.17) is 9.47 Å². The van der Waals surface area contributed by atoms with Crippen LogP contribution < -0.4 is 14.8 Å². The van der Waals surface area contributed by atoms with Gasteiger partial charge in [0.1, 0.15) is 12.4 Å². The monoisotopic (exact) mass is 406 g/mol. The van der Waals surface area contributed by atoms with E-state index in [0.29, 0.717) is 23.9 Å². The molecule has 1 aromatic carbocycles. The molecule has 0 radical (unpaired) electrons. The number of anilines is 1. The summed E-state index contributed by atoms with van der Waals surface area (Å²) in [7, 11) is 0. The maximum atomic E-state index is 12.8. The van der Waals surface area contributed by atoms with Gasteiger partial charge in [-0.15, -0.1) is 0 Å². The number of hydrogen-bond acceptors (Lipinski definition) is 5. The van der Waals surface area contributed by atoms with Crippen molar-refractivity contribution in [2.45, 2.75) is 45.8 Å². The molecule has 0 unspecified atom stereocenters. The zero-order chi connectivity index (χ0) is 21.3. The van der Waals surface area contributed by atoms with Crippen molar-refractivity contribution in [2.75, 3.05) is 11.9 Å². The first-order valence-electron chi connectivity index (χ1n) is 9.98. The zero-order valence-electron chi connectivity index (χ0n) is 17.7. The second kappa shape index (κ2) is 7.82. The number of hydrogen-bond donors (Lipinski definition) is 1. The van der Waals surface area contributed by atoms with Crippen LogP contribution in [0.3, 0.4) is 0 Å². The van der Waals surface area contributed by atoms with Gasteiger partial charge in [0, 0.05) is 18.5 Å². The first kappa shape index (κ1) is 19.9. The van der Waals surface area contributed by atoms with E-state index in [1.165, 1.54) is 0 Å². The molecule has 156 valence electrons. The predicted molar refractivity (Wildman–Crippen MR) is 114 cm³/mol. The third kappa shape index (κ3) is 4.30. The number of benzene rings is 1. The van der Waals surface area contributed by atoms with Crippen LogP contribution in [0, 0.1) is 6.92 Å². The summed E-state index contributed by atoms with van der Waals surface area (Å²) < 4.78 is 13.5. The van der Waals surface area contributed by atoms with Crippen LogP contribution in [0.2, 0.25) is 0 Å². The van der Waals surface area contributed by atoms with Gasteiger partial charge in [0.15, 0.2) is 11.5 Å². The number of pyridine rings is 1. The Kier molecular flexibility index (Phi) is 5.20. The Morgan fingerprint density at radius 1 is 1.23 bits per heavy atom. The van der Waals surface area contributed by atoms with Gasteiger partial charge in [-0.05, 0) is 41.7 Å². The van der Waals surface area contributed by atoms with Crippen molar-refractivity contribution in [3.05, 3.63) is 65.6 Å². The summed E-state index contributed by atoms with van der Waals surface area (Å²) in [6.45, 7) is 8.99.